The van der Waals surface area contributed by atoms with Crippen LogP contribution in [0.2, 0.25) is 0 Å². The van der Waals surface area contributed by atoms with Crippen molar-refractivity contribution in [2.45, 2.75) is 20.4 Å². The molecule has 0 aliphatic rings. The highest BCUT2D eigenvalue weighted by Gasteiger charge is 1.98. The van der Waals surface area contributed by atoms with Crippen molar-refractivity contribution in [1.29, 1.82) is 0 Å². The predicted molar refractivity (Wildman–Crippen MR) is 50.1 cm³/mol. The summed E-state index contributed by atoms with van der Waals surface area (Å²) >= 11 is 0. The maximum absolute atomic E-state index is 10.6. The topological polar surface area (TPSA) is 33.0 Å². The lowest BCUT2D eigenvalue weighted by Gasteiger charge is -1.98. The molecule has 1 aromatic rings. The Morgan fingerprint density at radius 3 is 2.50 bits per heavy atom. The summed E-state index contributed by atoms with van der Waals surface area (Å²) in [6, 6.07) is 4.10. The van der Waals surface area contributed by atoms with E-state index in [1.807, 2.05) is 29.1 Å². The van der Waals surface area contributed by atoms with Crippen LogP contribution < -0.4 is 22.3 Å². The second kappa shape index (κ2) is 6.38. The summed E-state index contributed by atoms with van der Waals surface area (Å²) in [6.07, 6.45) is 4.02. The van der Waals surface area contributed by atoms with Crippen LogP contribution in [0.5, 0.6) is 0 Å². The first-order valence-electron chi connectivity index (χ1n) is 4.38. The molecule has 1 aromatic heterocycles. The van der Waals surface area contributed by atoms with Gasteiger partial charge >= 0.3 is 0 Å². The third kappa shape index (κ3) is 4.82. The van der Waals surface area contributed by atoms with Gasteiger partial charge in [0.1, 0.15) is 0 Å². The van der Waals surface area contributed by atoms with Crippen molar-refractivity contribution < 1.29 is 21.8 Å². The Labute approximate surface area is 90.6 Å². The SMILES string of the molecule is CC(=O)NCC[n+]1ccc(C)cc1.[Cl-]. The number of carbonyl (C=O) groups excluding carboxylic acids is 1. The average molecular weight is 215 g/mol. The minimum Gasteiger partial charge on any atom is -1.00 e. The van der Waals surface area contributed by atoms with Crippen molar-refractivity contribution in [3.05, 3.63) is 30.1 Å². The van der Waals surface area contributed by atoms with Crippen molar-refractivity contribution in [3.63, 3.8) is 0 Å². The van der Waals surface area contributed by atoms with E-state index in [0.717, 1.165) is 6.54 Å². The van der Waals surface area contributed by atoms with Gasteiger partial charge in [0, 0.05) is 19.1 Å². The van der Waals surface area contributed by atoms with Crippen LogP contribution >= 0.6 is 0 Å². The summed E-state index contributed by atoms with van der Waals surface area (Å²) in [5.41, 5.74) is 1.25. The monoisotopic (exact) mass is 214 g/mol. The van der Waals surface area contributed by atoms with Crippen LogP contribution in [0.25, 0.3) is 0 Å². The van der Waals surface area contributed by atoms with E-state index >= 15 is 0 Å². The van der Waals surface area contributed by atoms with Crippen LogP contribution in [0.4, 0.5) is 0 Å². The number of nitrogens with zero attached hydrogens (tertiary/aromatic N) is 1. The summed E-state index contributed by atoms with van der Waals surface area (Å²) in [6.45, 7) is 5.08. The lowest BCUT2D eigenvalue weighted by molar-refractivity contribution is -0.694. The van der Waals surface area contributed by atoms with E-state index < -0.39 is 0 Å². The highest BCUT2D eigenvalue weighted by atomic mass is 35.5. The molecule has 0 bridgehead atoms. The Kier molecular flexibility index (Phi) is 5.88. The van der Waals surface area contributed by atoms with E-state index in [0.29, 0.717) is 6.54 Å². The minimum atomic E-state index is 0. The molecule has 3 nitrogen and oxygen atoms in total. The first kappa shape index (κ1) is 12.9. The fraction of sp³-hybridized carbons (Fsp3) is 0.400. The Bertz CT molecular complexity index is 285. The van der Waals surface area contributed by atoms with Gasteiger partial charge in [-0.05, 0) is 12.5 Å². The number of hydrogen-bond acceptors (Lipinski definition) is 1. The zero-order chi connectivity index (χ0) is 9.68. The van der Waals surface area contributed by atoms with Crippen molar-refractivity contribution in [1.82, 2.24) is 5.32 Å². The van der Waals surface area contributed by atoms with Gasteiger partial charge in [-0.3, -0.25) is 4.79 Å². The molecule has 1 rings (SSSR count). The number of aryl methyl sites for hydroxylation is 1. The van der Waals surface area contributed by atoms with E-state index in [9.17, 15) is 4.79 Å². The van der Waals surface area contributed by atoms with Gasteiger partial charge in [-0.25, -0.2) is 4.57 Å². The molecule has 1 amide bonds. The van der Waals surface area contributed by atoms with Gasteiger partial charge in [0.15, 0.2) is 18.9 Å². The maximum atomic E-state index is 10.6. The lowest BCUT2D eigenvalue weighted by Crippen LogP contribution is -3.00. The van der Waals surface area contributed by atoms with Crippen LogP contribution in [0.15, 0.2) is 24.5 Å². The standard InChI is InChI=1S/C10H14N2O.ClH/c1-9-3-6-12(7-4-9)8-5-11-10(2)13;/h3-4,6-7H,5,8H2,1-2H3;1H. The molecule has 1 heterocycles. The Morgan fingerprint density at radius 2 is 2.00 bits per heavy atom. The maximum Gasteiger partial charge on any atom is 0.217 e. The second-order valence-electron chi connectivity index (χ2n) is 3.10. The third-order valence-corrected chi connectivity index (χ3v) is 1.80. The number of rotatable bonds is 3. The van der Waals surface area contributed by atoms with Crippen LogP contribution in [0.3, 0.4) is 0 Å². The number of nitrogens with one attached hydrogen (secondary N) is 1. The molecule has 0 saturated carbocycles. The van der Waals surface area contributed by atoms with Crippen molar-refractivity contribution >= 4 is 5.91 Å². The molecule has 14 heavy (non-hydrogen) atoms. The van der Waals surface area contributed by atoms with E-state index in [2.05, 4.69) is 12.2 Å². The predicted octanol–water partition coefficient (Wildman–Crippen LogP) is -2.58. The number of hydrogen-bond donors (Lipinski definition) is 1. The molecule has 0 atom stereocenters. The molecule has 0 fully saturated rings. The summed E-state index contributed by atoms with van der Waals surface area (Å²) in [5.74, 6) is 0.0210. The summed E-state index contributed by atoms with van der Waals surface area (Å²) < 4.78 is 2.04. The van der Waals surface area contributed by atoms with Gasteiger partial charge in [0.25, 0.3) is 0 Å². The van der Waals surface area contributed by atoms with Crippen LogP contribution in [0.1, 0.15) is 12.5 Å². The van der Waals surface area contributed by atoms with Crippen LogP contribution in [-0.2, 0) is 11.3 Å². The van der Waals surface area contributed by atoms with Gasteiger partial charge in [-0.15, -0.1) is 0 Å². The molecular formula is C10H15ClN2O. The van der Waals surface area contributed by atoms with Crippen molar-refractivity contribution in [2.24, 2.45) is 0 Å². The number of halogens is 1. The molecular weight excluding hydrogens is 200 g/mol. The molecule has 0 saturated heterocycles. The smallest absolute Gasteiger partial charge is 0.217 e. The van der Waals surface area contributed by atoms with E-state index in [-0.39, 0.29) is 18.3 Å². The highest BCUT2D eigenvalue weighted by molar-refractivity contribution is 5.72. The van der Waals surface area contributed by atoms with Gasteiger partial charge in [0.2, 0.25) is 5.91 Å². The molecule has 78 valence electrons. The molecule has 0 aliphatic heterocycles. The minimum absolute atomic E-state index is 0. The van der Waals surface area contributed by atoms with Crippen LogP contribution in [-0.4, -0.2) is 12.5 Å². The molecule has 0 unspecified atom stereocenters. The fourth-order valence-corrected chi connectivity index (χ4v) is 1.04. The third-order valence-electron chi connectivity index (χ3n) is 1.80. The van der Waals surface area contributed by atoms with Gasteiger partial charge in [-0.1, -0.05) is 0 Å². The molecule has 1 N–H and O–H groups in total. The molecule has 4 heteroatoms. The Balaban J connectivity index is 0.00000169. The molecule has 0 radical (unpaired) electrons. The zero-order valence-electron chi connectivity index (χ0n) is 8.46. The highest BCUT2D eigenvalue weighted by Crippen LogP contribution is 1.88. The summed E-state index contributed by atoms with van der Waals surface area (Å²) in [5, 5.41) is 2.75. The van der Waals surface area contributed by atoms with Gasteiger partial charge in [-0.2, -0.15) is 0 Å². The Hall–Kier alpha value is -1.09. The average Bonchev–Trinajstić information content (AvgIpc) is 2.08. The lowest BCUT2D eigenvalue weighted by atomic mass is 10.3. The summed E-state index contributed by atoms with van der Waals surface area (Å²) in [4.78, 5) is 10.6. The van der Waals surface area contributed by atoms with E-state index in [1.165, 1.54) is 12.5 Å². The number of amides is 1. The fourth-order valence-electron chi connectivity index (χ4n) is 1.04. The number of pyridine rings is 1. The van der Waals surface area contributed by atoms with E-state index in [1.54, 1.807) is 0 Å². The zero-order valence-corrected chi connectivity index (χ0v) is 9.21. The number of aromatic nitrogens is 1. The summed E-state index contributed by atoms with van der Waals surface area (Å²) in [7, 11) is 0. The first-order valence-corrected chi connectivity index (χ1v) is 4.38. The largest absolute Gasteiger partial charge is 1.00 e. The van der Waals surface area contributed by atoms with Gasteiger partial charge in [0.05, 0.1) is 6.54 Å². The first-order chi connectivity index (χ1) is 6.18. The van der Waals surface area contributed by atoms with Crippen molar-refractivity contribution in [3.8, 4) is 0 Å². The second-order valence-corrected chi connectivity index (χ2v) is 3.10. The normalized spacial score (nSPS) is 9.00. The number of carbonyl (C=O) groups is 1. The molecule has 0 spiro atoms. The molecule has 0 aromatic carbocycles. The van der Waals surface area contributed by atoms with Gasteiger partial charge < -0.3 is 17.7 Å². The molecule has 0 aliphatic carbocycles. The van der Waals surface area contributed by atoms with Crippen LogP contribution in [0, 0.1) is 6.92 Å². The Morgan fingerprint density at radius 1 is 1.43 bits per heavy atom. The van der Waals surface area contributed by atoms with E-state index in [4.69, 9.17) is 0 Å². The quantitative estimate of drug-likeness (QED) is 0.551. The van der Waals surface area contributed by atoms with Crippen molar-refractivity contribution in [2.75, 3.05) is 6.54 Å².